The number of sulfonamides is 1. The van der Waals surface area contributed by atoms with Crippen LogP contribution in [-0.4, -0.2) is 20.4 Å². The van der Waals surface area contributed by atoms with Crippen LogP contribution in [0, 0.1) is 6.92 Å². The molecule has 5 nitrogen and oxygen atoms in total. The lowest BCUT2D eigenvalue weighted by Gasteiger charge is -2.18. The maximum Gasteiger partial charge on any atom is 0.251 e. The van der Waals surface area contributed by atoms with Crippen molar-refractivity contribution in [2.45, 2.75) is 51.1 Å². The molecular weight excluding hydrogens is 348 g/mol. The van der Waals surface area contributed by atoms with Crippen LogP contribution in [0.1, 0.15) is 54.7 Å². The first-order valence-corrected chi connectivity index (χ1v) is 10.2. The van der Waals surface area contributed by atoms with E-state index in [9.17, 15) is 13.2 Å². The molecule has 2 aromatic carbocycles. The predicted octanol–water partition coefficient (Wildman–Crippen LogP) is 3.56. The predicted molar refractivity (Wildman–Crippen MR) is 104 cm³/mol. The maximum absolute atomic E-state index is 12.5. The molecular formula is C20H26N2O3S. The molecule has 0 radical (unpaired) electrons. The molecule has 140 valence electrons. The summed E-state index contributed by atoms with van der Waals surface area (Å²) in [7, 11) is -3.56. The summed E-state index contributed by atoms with van der Waals surface area (Å²) in [6.07, 6.45) is 0.763. The number of amides is 1. The number of rotatable bonds is 7. The standard InChI is InChI=1S/C20H26N2O3S/c1-5-19(16-8-6-15(4)7-9-16)21-20(23)17-10-12-18(13-11-17)26(24,25)22-14(2)3/h6-14,19,22H,5H2,1-4H3,(H,21,23). The normalized spacial score (nSPS) is 12.8. The number of hydrogen-bond acceptors (Lipinski definition) is 3. The van der Waals surface area contributed by atoms with Gasteiger partial charge in [-0.1, -0.05) is 36.8 Å². The molecule has 0 aliphatic heterocycles. The summed E-state index contributed by atoms with van der Waals surface area (Å²) < 4.78 is 26.8. The fourth-order valence-electron chi connectivity index (χ4n) is 2.63. The van der Waals surface area contributed by atoms with Gasteiger partial charge in [-0.2, -0.15) is 0 Å². The molecule has 1 amide bonds. The summed E-state index contributed by atoms with van der Waals surface area (Å²) in [6.45, 7) is 7.55. The molecule has 1 unspecified atom stereocenters. The summed E-state index contributed by atoms with van der Waals surface area (Å²) in [4.78, 5) is 12.7. The van der Waals surface area contributed by atoms with E-state index in [2.05, 4.69) is 10.0 Å². The van der Waals surface area contributed by atoms with Gasteiger partial charge in [-0.15, -0.1) is 0 Å². The van der Waals surface area contributed by atoms with Gasteiger partial charge >= 0.3 is 0 Å². The number of carbonyl (C=O) groups is 1. The highest BCUT2D eigenvalue weighted by Gasteiger charge is 2.17. The van der Waals surface area contributed by atoms with Gasteiger partial charge in [0.2, 0.25) is 10.0 Å². The zero-order valence-corrected chi connectivity index (χ0v) is 16.4. The molecule has 0 heterocycles. The van der Waals surface area contributed by atoms with Crippen LogP contribution < -0.4 is 10.0 Å². The van der Waals surface area contributed by atoms with Crippen molar-refractivity contribution in [1.82, 2.24) is 10.0 Å². The molecule has 0 bridgehead atoms. The Morgan fingerprint density at radius 1 is 1.00 bits per heavy atom. The third kappa shape index (κ3) is 5.16. The topological polar surface area (TPSA) is 75.3 Å². The molecule has 0 fully saturated rings. The van der Waals surface area contributed by atoms with E-state index in [0.717, 1.165) is 12.0 Å². The minimum Gasteiger partial charge on any atom is -0.345 e. The van der Waals surface area contributed by atoms with E-state index in [1.54, 1.807) is 13.8 Å². The van der Waals surface area contributed by atoms with E-state index in [0.29, 0.717) is 5.56 Å². The average molecular weight is 375 g/mol. The monoisotopic (exact) mass is 374 g/mol. The Morgan fingerprint density at radius 3 is 2.08 bits per heavy atom. The summed E-state index contributed by atoms with van der Waals surface area (Å²) in [6, 6.07) is 13.7. The van der Waals surface area contributed by atoms with Crippen LogP contribution >= 0.6 is 0 Å². The zero-order chi connectivity index (χ0) is 19.3. The Bertz CT molecular complexity index is 842. The second-order valence-corrected chi connectivity index (χ2v) is 8.36. The Balaban J connectivity index is 2.13. The third-order valence-electron chi connectivity index (χ3n) is 4.01. The van der Waals surface area contributed by atoms with Crippen molar-refractivity contribution in [3.63, 3.8) is 0 Å². The molecule has 2 rings (SSSR count). The van der Waals surface area contributed by atoms with Gasteiger partial charge in [0.1, 0.15) is 0 Å². The minimum atomic E-state index is -3.56. The number of benzene rings is 2. The van der Waals surface area contributed by atoms with Crippen molar-refractivity contribution in [1.29, 1.82) is 0 Å². The van der Waals surface area contributed by atoms with Gasteiger partial charge in [0, 0.05) is 11.6 Å². The lowest BCUT2D eigenvalue weighted by molar-refractivity contribution is 0.0935. The highest BCUT2D eigenvalue weighted by molar-refractivity contribution is 7.89. The van der Waals surface area contributed by atoms with Gasteiger partial charge in [-0.05, 0) is 57.0 Å². The third-order valence-corrected chi connectivity index (χ3v) is 5.69. The van der Waals surface area contributed by atoms with Crippen molar-refractivity contribution in [3.05, 3.63) is 65.2 Å². The SMILES string of the molecule is CCC(NC(=O)c1ccc(S(=O)(=O)NC(C)C)cc1)c1ccc(C)cc1. The summed E-state index contributed by atoms with van der Waals surface area (Å²) in [5, 5.41) is 3.01. The number of aryl methyl sites for hydroxylation is 1. The first-order chi connectivity index (χ1) is 12.2. The van der Waals surface area contributed by atoms with Gasteiger partial charge < -0.3 is 5.32 Å². The minimum absolute atomic E-state index is 0.0888. The van der Waals surface area contributed by atoms with Gasteiger partial charge in [0.15, 0.2) is 0 Å². The number of nitrogens with one attached hydrogen (secondary N) is 2. The van der Waals surface area contributed by atoms with Gasteiger partial charge in [0.25, 0.3) is 5.91 Å². The molecule has 6 heteroatoms. The number of carbonyl (C=O) groups excluding carboxylic acids is 1. The smallest absolute Gasteiger partial charge is 0.251 e. The fraction of sp³-hybridized carbons (Fsp3) is 0.350. The van der Waals surface area contributed by atoms with Gasteiger partial charge in [-0.3, -0.25) is 4.79 Å². The summed E-state index contributed by atoms with van der Waals surface area (Å²) in [5.74, 6) is -0.224. The Hall–Kier alpha value is -2.18. The fourth-order valence-corrected chi connectivity index (χ4v) is 3.88. The van der Waals surface area contributed by atoms with E-state index in [1.807, 2.05) is 38.1 Å². The van der Waals surface area contributed by atoms with Crippen molar-refractivity contribution in [2.75, 3.05) is 0 Å². The number of hydrogen-bond donors (Lipinski definition) is 2. The maximum atomic E-state index is 12.5. The molecule has 0 aliphatic rings. The van der Waals surface area contributed by atoms with E-state index in [1.165, 1.54) is 29.8 Å². The Morgan fingerprint density at radius 2 is 1.58 bits per heavy atom. The lowest BCUT2D eigenvalue weighted by Crippen LogP contribution is -2.30. The summed E-state index contributed by atoms with van der Waals surface area (Å²) in [5.41, 5.74) is 2.65. The molecule has 1 atom stereocenters. The quantitative estimate of drug-likeness (QED) is 0.778. The molecule has 0 saturated heterocycles. The van der Waals surface area contributed by atoms with Crippen molar-refractivity contribution in [3.8, 4) is 0 Å². The van der Waals surface area contributed by atoms with Gasteiger partial charge in [-0.25, -0.2) is 13.1 Å². The molecule has 0 spiro atoms. The first kappa shape index (κ1) is 20.1. The second kappa shape index (κ2) is 8.47. The molecule has 0 aromatic heterocycles. The van der Waals surface area contributed by atoms with Gasteiger partial charge in [0.05, 0.1) is 10.9 Å². The van der Waals surface area contributed by atoms with Crippen LogP contribution in [0.2, 0.25) is 0 Å². The Kier molecular flexibility index (Phi) is 6.56. The second-order valence-electron chi connectivity index (χ2n) is 6.65. The first-order valence-electron chi connectivity index (χ1n) is 8.72. The van der Waals surface area contributed by atoms with Crippen LogP contribution in [0.4, 0.5) is 0 Å². The van der Waals surface area contributed by atoms with E-state index in [4.69, 9.17) is 0 Å². The average Bonchev–Trinajstić information content (AvgIpc) is 2.59. The molecule has 2 N–H and O–H groups in total. The van der Waals surface area contributed by atoms with Crippen molar-refractivity contribution >= 4 is 15.9 Å². The molecule has 2 aromatic rings. The van der Waals surface area contributed by atoms with Crippen molar-refractivity contribution < 1.29 is 13.2 Å². The Labute approximate surface area is 155 Å². The lowest BCUT2D eigenvalue weighted by atomic mass is 10.0. The molecule has 0 aliphatic carbocycles. The van der Waals surface area contributed by atoms with E-state index < -0.39 is 10.0 Å². The van der Waals surface area contributed by atoms with E-state index >= 15 is 0 Å². The van der Waals surface area contributed by atoms with Crippen LogP contribution in [-0.2, 0) is 10.0 Å². The van der Waals surface area contributed by atoms with E-state index in [-0.39, 0.29) is 22.9 Å². The zero-order valence-electron chi connectivity index (χ0n) is 15.6. The summed E-state index contributed by atoms with van der Waals surface area (Å²) >= 11 is 0. The highest BCUT2D eigenvalue weighted by atomic mass is 32.2. The van der Waals surface area contributed by atoms with Crippen molar-refractivity contribution in [2.24, 2.45) is 0 Å². The largest absolute Gasteiger partial charge is 0.345 e. The van der Waals surface area contributed by atoms with Crippen LogP contribution in [0.3, 0.4) is 0 Å². The molecule has 0 saturated carbocycles. The van der Waals surface area contributed by atoms with Crippen LogP contribution in [0.5, 0.6) is 0 Å². The molecule has 26 heavy (non-hydrogen) atoms. The van der Waals surface area contributed by atoms with Crippen LogP contribution in [0.15, 0.2) is 53.4 Å². The van der Waals surface area contributed by atoms with Crippen LogP contribution in [0.25, 0.3) is 0 Å². The highest BCUT2D eigenvalue weighted by Crippen LogP contribution is 2.18.